The van der Waals surface area contributed by atoms with E-state index in [0.29, 0.717) is 10.7 Å². The van der Waals surface area contributed by atoms with Gasteiger partial charge in [-0.3, -0.25) is 4.98 Å². The van der Waals surface area contributed by atoms with Crippen LogP contribution in [0.15, 0.2) is 12.3 Å². The van der Waals surface area contributed by atoms with Gasteiger partial charge < -0.3 is 0 Å². The number of pyridine rings is 1. The van der Waals surface area contributed by atoms with Gasteiger partial charge in [0.25, 0.3) is 0 Å². The number of hydrogen-bond acceptors (Lipinski definition) is 1. The highest BCUT2D eigenvalue weighted by Crippen LogP contribution is 2.17. The Bertz CT molecular complexity index is 241. The molecule has 1 aromatic heterocycles. The lowest BCUT2D eigenvalue weighted by molar-refractivity contribution is 0.476. The standard InChI is InChI=1S/C6H4ClFIN/c7-5-3-10-4(2-8)1-6(5)9/h1,3H,2H2. The summed E-state index contributed by atoms with van der Waals surface area (Å²) in [5.41, 5.74) is 0.425. The Balaban J connectivity index is 3.04. The quantitative estimate of drug-likeness (QED) is 0.716. The van der Waals surface area contributed by atoms with E-state index in [4.69, 9.17) is 11.6 Å². The van der Waals surface area contributed by atoms with Gasteiger partial charge in [0.15, 0.2) is 0 Å². The molecule has 1 aromatic rings. The molecule has 0 amide bonds. The monoisotopic (exact) mass is 271 g/mol. The second-order valence-corrected chi connectivity index (χ2v) is 3.29. The van der Waals surface area contributed by atoms with Crippen LogP contribution < -0.4 is 0 Å². The number of alkyl halides is 1. The molecule has 54 valence electrons. The molecule has 0 aliphatic heterocycles. The first-order valence-corrected chi connectivity index (χ1v) is 4.05. The Kier molecular flexibility index (Phi) is 2.85. The molecule has 0 N–H and O–H groups in total. The molecule has 0 fully saturated rings. The molecule has 0 radical (unpaired) electrons. The van der Waals surface area contributed by atoms with Gasteiger partial charge >= 0.3 is 0 Å². The highest BCUT2D eigenvalue weighted by Gasteiger charge is 1.98. The molecule has 0 spiro atoms. The third-order valence-corrected chi connectivity index (χ3v) is 2.51. The van der Waals surface area contributed by atoms with Crippen LogP contribution >= 0.6 is 34.2 Å². The summed E-state index contributed by atoms with van der Waals surface area (Å²) >= 11 is 7.68. The summed E-state index contributed by atoms with van der Waals surface area (Å²) in [6.45, 7) is -0.535. The summed E-state index contributed by atoms with van der Waals surface area (Å²) in [7, 11) is 0. The van der Waals surface area contributed by atoms with Crippen molar-refractivity contribution in [2.45, 2.75) is 6.67 Å². The second-order valence-electron chi connectivity index (χ2n) is 1.72. The van der Waals surface area contributed by atoms with E-state index in [1.54, 1.807) is 6.07 Å². The van der Waals surface area contributed by atoms with Crippen molar-refractivity contribution in [2.75, 3.05) is 0 Å². The number of hydrogen-bond donors (Lipinski definition) is 0. The van der Waals surface area contributed by atoms with Gasteiger partial charge in [0, 0.05) is 9.77 Å². The van der Waals surface area contributed by atoms with E-state index in [0.717, 1.165) is 3.57 Å². The van der Waals surface area contributed by atoms with E-state index in [9.17, 15) is 4.39 Å². The van der Waals surface area contributed by atoms with Crippen LogP contribution in [0.2, 0.25) is 5.02 Å². The smallest absolute Gasteiger partial charge is 0.131 e. The van der Waals surface area contributed by atoms with Crippen LogP contribution in [0.3, 0.4) is 0 Å². The summed E-state index contributed by atoms with van der Waals surface area (Å²) < 4.78 is 12.8. The lowest BCUT2D eigenvalue weighted by atomic mass is 10.4. The minimum Gasteiger partial charge on any atom is -0.257 e. The van der Waals surface area contributed by atoms with Crippen LogP contribution in [0.1, 0.15) is 5.69 Å². The average Bonchev–Trinajstić information content (AvgIpc) is 1.95. The van der Waals surface area contributed by atoms with Crippen molar-refractivity contribution in [3.63, 3.8) is 0 Å². The first-order valence-electron chi connectivity index (χ1n) is 2.60. The van der Waals surface area contributed by atoms with Gasteiger partial charge in [-0.05, 0) is 28.7 Å². The Hall–Kier alpha value is 0.1000. The summed E-state index contributed by atoms with van der Waals surface area (Å²) in [6.07, 6.45) is 1.46. The predicted octanol–water partition coefficient (Wildman–Crippen LogP) is 2.81. The minimum atomic E-state index is -0.535. The lowest BCUT2D eigenvalue weighted by Crippen LogP contribution is -1.86. The lowest BCUT2D eigenvalue weighted by Gasteiger charge is -1.95. The molecule has 10 heavy (non-hydrogen) atoms. The van der Waals surface area contributed by atoms with E-state index in [2.05, 4.69) is 4.98 Å². The zero-order valence-corrected chi connectivity index (χ0v) is 7.86. The van der Waals surface area contributed by atoms with Crippen LogP contribution in [-0.2, 0) is 6.67 Å². The molecule has 0 saturated heterocycles. The molecule has 1 nitrogen and oxygen atoms in total. The molecular weight excluding hydrogens is 267 g/mol. The molecular formula is C6H4ClFIN. The molecule has 1 heterocycles. The maximum absolute atomic E-state index is 11.9. The van der Waals surface area contributed by atoms with Gasteiger partial charge in [-0.1, -0.05) is 11.6 Å². The maximum atomic E-state index is 11.9. The van der Waals surface area contributed by atoms with Crippen molar-refractivity contribution in [2.24, 2.45) is 0 Å². The van der Waals surface area contributed by atoms with Gasteiger partial charge in [-0.15, -0.1) is 0 Å². The fraction of sp³-hybridized carbons (Fsp3) is 0.167. The molecule has 1 rings (SSSR count). The highest BCUT2D eigenvalue weighted by atomic mass is 127. The first-order chi connectivity index (χ1) is 4.74. The fourth-order valence-electron chi connectivity index (χ4n) is 0.527. The minimum absolute atomic E-state index is 0.425. The molecule has 0 atom stereocenters. The van der Waals surface area contributed by atoms with Crippen molar-refractivity contribution in [3.05, 3.63) is 26.5 Å². The number of halogens is 3. The topological polar surface area (TPSA) is 12.9 Å². The fourth-order valence-corrected chi connectivity index (χ4v) is 1.13. The van der Waals surface area contributed by atoms with E-state index >= 15 is 0 Å². The van der Waals surface area contributed by atoms with Gasteiger partial charge in [0.2, 0.25) is 0 Å². The number of nitrogens with zero attached hydrogens (tertiary/aromatic N) is 1. The average molecular weight is 271 g/mol. The first kappa shape index (κ1) is 8.20. The maximum Gasteiger partial charge on any atom is 0.131 e. The van der Waals surface area contributed by atoms with Gasteiger partial charge in [-0.2, -0.15) is 0 Å². The molecule has 0 aliphatic carbocycles. The molecule has 0 aromatic carbocycles. The van der Waals surface area contributed by atoms with E-state index < -0.39 is 6.67 Å². The summed E-state index contributed by atoms with van der Waals surface area (Å²) in [4.78, 5) is 3.75. The zero-order valence-electron chi connectivity index (χ0n) is 4.94. The van der Waals surface area contributed by atoms with Crippen LogP contribution in [0.4, 0.5) is 4.39 Å². The molecule has 0 aliphatic rings. The van der Waals surface area contributed by atoms with Crippen LogP contribution in [-0.4, -0.2) is 4.98 Å². The van der Waals surface area contributed by atoms with Gasteiger partial charge in [0.05, 0.1) is 10.7 Å². The number of rotatable bonds is 1. The SMILES string of the molecule is FCc1cc(I)c(Cl)cn1. The second kappa shape index (κ2) is 3.48. The van der Waals surface area contributed by atoms with Gasteiger partial charge in [-0.25, -0.2) is 4.39 Å². The van der Waals surface area contributed by atoms with Gasteiger partial charge in [0.1, 0.15) is 6.67 Å². The Morgan fingerprint density at radius 1 is 1.70 bits per heavy atom. The number of aromatic nitrogens is 1. The van der Waals surface area contributed by atoms with Crippen molar-refractivity contribution >= 4 is 34.2 Å². The molecule has 0 unspecified atom stereocenters. The third kappa shape index (κ3) is 1.79. The summed E-state index contributed by atoms with van der Waals surface area (Å²) in [5.74, 6) is 0. The van der Waals surface area contributed by atoms with Crippen LogP contribution in [0.5, 0.6) is 0 Å². The summed E-state index contributed by atoms with van der Waals surface area (Å²) in [5, 5.41) is 0.567. The van der Waals surface area contributed by atoms with E-state index in [1.807, 2.05) is 22.6 Å². The Labute approximate surface area is 76.7 Å². The van der Waals surface area contributed by atoms with Crippen molar-refractivity contribution in [1.29, 1.82) is 0 Å². The van der Waals surface area contributed by atoms with Crippen molar-refractivity contribution < 1.29 is 4.39 Å². The third-order valence-electron chi connectivity index (χ3n) is 1.00. The molecule has 0 bridgehead atoms. The zero-order chi connectivity index (χ0) is 7.56. The molecule has 0 saturated carbocycles. The predicted molar refractivity (Wildman–Crippen MR) is 46.8 cm³/mol. The van der Waals surface area contributed by atoms with Crippen LogP contribution in [0, 0.1) is 3.57 Å². The normalized spacial score (nSPS) is 9.90. The largest absolute Gasteiger partial charge is 0.257 e. The van der Waals surface area contributed by atoms with E-state index in [1.165, 1.54) is 6.20 Å². The highest BCUT2D eigenvalue weighted by molar-refractivity contribution is 14.1. The molecule has 4 heteroatoms. The summed E-state index contributed by atoms with van der Waals surface area (Å²) in [6, 6.07) is 1.63. The van der Waals surface area contributed by atoms with Crippen molar-refractivity contribution in [1.82, 2.24) is 4.98 Å². The van der Waals surface area contributed by atoms with E-state index in [-0.39, 0.29) is 0 Å². The van der Waals surface area contributed by atoms with Crippen molar-refractivity contribution in [3.8, 4) is 0 Å². The Morgan fingerprint density at radius 2 is 2.40 bits per heavy atom. The van der Waals surface area contributed by atoms with Crippen LogP contribution in [0.25, 0.3) is 0 Å². The Morgan fingerprint density at radius 3 is 2.90 bits per heavy atom.